The summed E-state index contributed by atoms with van der Waals surface area (Å²) in [5, 5.41) is 7.14. The number of aromatic nitrogens is 2. The average Bonchev–Trinajstić information content (AvgIpc) is 2.86. The Morgan fingerprint density at radius 2 is 2.57 bits per heavy atom. The number of rotatable bonds is 3. The molecule has 2 atom stereocenters. The van der Waals surface area contributed by atoms with Gasteiger partial charge in [-0.05, 0) is 6.92 Å². The Bertz CT molecular complexity index is 299. The van der Waals surface area contributed by atoms with Gasteiger partial charge in [-0.25, -0.2) is 0 Å². The largest absolute Gasteiger partial charge is 0.374 e. The molecular formula is C8H13N3O2S. The van der Waals surface area contributed by atoms with E-state index in [0.29, 0.717) is 11.7 Å². The molecule has 0 spiro atoms. The van der Waals surface area contributed by atoms with E-state index in [0.717, 1.165) is 11.6 Å². The zero-order valence-corrected chi connectivity index (χ0v) is 9.00. The Hall–Kier alpha value is -0.590. The van der Waals surface area contributed by atoms with Crippen molar-refractivity contribution in [2.24, 2.45) is 0 Å². The molecule has 1 saturated heterocycles. The third-order valence-electron chi connectivity index (χ3n) is 2.19. The second-order valence-corrected chi connectivity index (χ2v) is 4.17. The molecule has 1 aliphatic rings. The van der Waals surface area contributed by atoms with Crippen molar-refractivity contribution >= 4 is 11.8 Å². The topological polar surface area (TPSA) is 60.2 Å². The minimum Gasteiger partial charge on any atom is -0.374 e. The van der Waals surface area contributed by atoms with Gasteiger partial charge in [0.2, 0.25) is 5.89 Å². The molecule has 2 rings (SSSR count). The van der Waals surface area contributed by atoms with Crippen LogP contribution in [0.3, 0.4) is 0 Å². The highest BCUT2D eigenvalue weighted by Gasteiger charge is 2.23. The van der Waals surface area contributed by atoms with Crippen LogP contribution in [0.1, 0.15) is 30.8 Å². The summed E-state index contributed by atoms with van der Waals surface area (Å²) in [6.07, 6.45) is -0.110. The van der Waals surface area contributed by atoms with Gasteiger partial charge in [0.25, 0.3) is 0 Å². The third-order valence-corrected chi connectivity index (χ3v) is 3.13. The van der Waals surface area contributed by atoms with Gasteiger partial charge < -0.3 is 9.26 Å². The lowest BCUT2D eigenvalue weighted by Crippen LogP contribution is -2.15. The molecule has 1 aromatic heterocycles. The lowest BCUT2D eigenvalue weighted by Gasteiger charge is -2.02. The van der Waals surface area contributed by atoms with Crippen LogP contribution in [0.15, 0.2) is 4.52 Å². The molecule has 6 heteroatoms. The fraction of sp³-hybridized carbons (Fsp3) is 0.750. The molecule has 0 aliphatic carbocycles. The van der Waals surface area contributed by atoms with Crippen LogP contribution in [0.2, 0.25) is 0 Å². The molecule has 1 aromatic rings. The minimum absolute atomic E-state index is 0.110. The van der Waals surface area contributed by atoms with Crippen LogP contribution in [-0.2, 0) is 4.74 Å². The average molecular weight is 215 g/mol. The summed E-state index contributed by atoms with van der Waals surface area (Å²) in [5.74, 6) is 3.21. The van der Waals surface area contributed by atoms with Crippen LogP contribution in [0.4, 0.5) is 0 Å². The van der Waals surface area contributed by atoms with Crippen LogP contribution >= 0.6 is 11.8 Å². The van der Waals surface area contributed by atoms with Crippen molar-refractivity contribution in [1.82, 2.24) is 15.5 Å². The van der Waals surface area contributed by atoms with E-state index in [4.69, 9.17) is 9.26 Å². The maximum Gasteiger partial charge on any atom is 0.244 e. The van der Waals surface area contributed by atoms with Crippen LogP contribution in [0.25, 0.3) is 0 Å². The molecule has 1 N–H and O–H groups in total. The predicted octanol–water partition coefficient (Wildman–Crippen LogP) is 1.11. The molecular weight excluding hydrogens is 202 g/mol. The van der Waals surface area contributed by atoms with Gasteiger partial charge in [-0.15, -0.1) is 11.8 Å². The monoisotopic (exact) mass is 215 g/mol. The Morgan fingerprint density at radius 1 is 1.71 bits per heavy atom. The number of thioether (sulfide) groups is 1. The third kappa shape index (κ3) is 1.92. The van der Waals surface area contributed by atoms with Crippen LogP contribution < -0.4 is 5.32 Å². The summed E-state index contributed by atoms with van der Waals surface area (Å²) >= 11 is 1.83. The van der Waals surface area contributed by atoms with Gasteiger partial charge in [-0.2, -0.15) is 4.98 Å². The maximum absolute atomic E-state index is 5.15. The molecule has 0 bridgehead atoms. The number of nitrogens with zero attached hydrogens (tertiary/aromatic N) is 2. The first-order valence-electron chi connectivity index (χ1n) is 4.48. The molecule has 0 aromatic carbocycles. The molecule has 0 saturated carbocycles. The van der Waals surface area contributed by atoms with Crippen molar-refractivity contribution in [3.8, 4) is 0 Å². The van der Waals surface area contributed by atoms with E-state index in [1.807, 2.05) is 18.7 Å². The Balaban J connectivity index is 2.08. The highest BCUT2D eigenvalue weighted by Crippen LogP contribution is 2.23. The summed E-state index contributed by atoms with van der Waals surface area (Å²) in [6.45, 7) is 1.89. The van der Waals surface area contributed by atoms with Crippen LogP contribution in [-0.4, -0.2) is 28.9 Å². The van der Waals surface area contributed by atoms with Gasteiger partial charge >= 0.3 is 0 Å². The van der Waals surface area contributed by atoms with Crippen molar-refractivity contribution < 1.29 is 9.26 Å². The van der Waals surface area contributed by atoms with Crippen molar-refractivity contribution in [3.63, 3.8) is 0 Å². The standard InChI is InChI=1S/C8H13N3O2S/c1-5(12-2)7-10-8(13-11-7)6-3-14-4-9-6/h5-6,9H,3-4H2,1-2H3/t5?,6-/m1/s1. The van der Waals surface area contributed by atoms with E-state index in [9.17, 15) is 0 Å². The zero-order chi connectivity index (χ0) is 9.97. The lowest BCUT2D eigenvalue weighted by molar-refractivity contribution is 0.109. The quantitative estimate of drug-likeness (QED) is 0.815. The second kappa shape index (κ2) is 4.29. The number of nitrogens with one attached hydrogen (secondary N) is 1. The first-order valence-corrected chi connectivity index (χ1v) is 5.64. The van der Waals surface area contributed by atoms with Crippen molar-refractivity contribution in [1.29, 1.82) is 0 Å². The first kappa shape index (κ1) is 9.95. The SMILES string of the molecule is COC(C)c1noc([C@H]2CSCN2)n1. The number of hydrogen-bond donors (Lipinski definition) is 1. The van der Waals surface area contributed by atoms with E-state index in [-0.39, 0.29) is 12.1 Å². The van der Waals surface area contributed by atoms with E-state index in [2.05, 4.69) is 15.5 Å². The Kier molecular flexibility index (Phi) is 3.05. The molecule has 0 amide bonds. The molecule has 2 heterocycles. The van der Waals surface area contributed by atoms with E-state index in [1.54, 1.807) is 7.11 Å². The van der Waals surface area contributed by atoms with Crippen LogP contribution in [0, 0.1) is 0 Å². The van der Waals surface area contributed by atoms with Crippen molar-refractivity contribution in [2.45, 2.75) is 19.1 Å². The summed E-state index contributed by atoms with van der Waals surface area (Å²) in [7, 11) is 1.63. The molecule has 0 radical (unpaired) electrons. The van der Waals surface area contributed by atoms with Gasteiger partial charge in [-0.3, -0.25) is 5.32 Å². The number of hydrogen-bond acceptors (Lipinski definition) is 6. The van der Waals surface area contributed by atoms with Crippen molar-refractivity contribution in [3.05, 3.63) is 11.7 Å². The van der Waals surface area contributed by atoms with Gasteiger partial charge in [-0.1, -0.05) is 5.16 Å². The summed E-state index contributed by atoms with van der Waals surface area (Å²) in [5.41, 5.74) is 0. The molecule has 1 aliphatic heterocycles. The predicted molar refractivity (Wildman–Crippen MR) is 52.9 cm³/mol. The van der Waals surface area contributed by atoms with Gasteiger partial charge in [0.1, 0.15) is 6.10 Å². The number of methoxy groups -OCH3 is 1. The molecule has 5 nitrogen and oxygen atoms in total. The lowest BCUT2D eigenvalue weighted by atomic mass is 10.3. The zero-order valence-electron chi connectivity index (χ0n) is 8.19. The summed E-state index contributed by atoms with van der Waals surface area (Å²) in [6, 6.07) is 0.199. The molecule has 78 valence electrons. The highest BCUT2D eigenvalue weighted by molar-refractivity contribution is 7.99. The van der Waals surface area contributed by atoms with Crippen LogP contribution in [0.5, 0.6) is 0 Å². The van der Waals surface area contributed by atoms with Gasteiger partial charge in [0, 0.05) is 18.7 Å². The first-order chi connectivity index (χ1) is 6.81. The second-order valence-electron chi connectivity index (χ2n) is 3.14. The fourth-order valence-electron chi connectivity index (χ4n) is 1.21. The van der Waals surface area contributed by atoms with Gasteiger partial charge in [0.15, 0.2) is 5.82 Å². The normalized spacial score (nSPS) is 24.0. The summed E-state index contributed by atoms with van der Waals surface area (Å²) < 4.78 is 10.3. The molecule has 14 heavy (non-hydrogen) atoms. The maximum atomic E-state index is 5.15. The summed E-state index contributed by atoms with van der Waals surface area (Å²) in [4.78, 5) is 4.28. The van der Waals surface area contributed by atoms with E-state index >= 15 is 0 Å². The van der Waals surface area contributed by atoms with Gasteiger partial charge in [0.05, 0.1) is 6.04 Å². The fourth-order valence-corrected chi connectivity index (χ4v) is 2.15. The van der Waals surface area contributed by atoms with Crippen molar-refractivity contribution in [2.75, 3.05) is 18.7 Å². The minimum atomic E-state index is -0.110. The smallest absolute Gasteiger partial charge is 0.244 e. The van der Waals surface area contributed by atoms with E-state index < -0.39 is 0 Å². The molecule has 1 fully saturated rings. The number of ether oxygens (including phenoxy) is 1. The molecule has 1 unspecified atom stereocenters. The Labute approximate surface area is 86.6 Å². The highest BCUT2D eigenvalue weighted by atomic mass is 32.2. The Morgan fingerprint density at radius 3 is 3.21 bits per heavy atom. The van der Waals surface area contributed by atoms with E-state index in [1.165, 1.54) is 0 Å².